The summed E-state index contributed by atoms with van der Waals surface area (Å²) in [5, 5.41) is 0. The van der Waals surface area contributed by atoms with Gasteiger partial charge in [0.2, 0.25) is 5.91 Å². The Morgan fingerprint density at radius 3 is 2.50 bits per heavy atom. The fourth-order valence-electron chi connectivity index (χ4n) is 4.65. The van der Waals surface area contributed by atoms with Crippen molar-refractivity contribution in [3.63, 3.8) is 0 Å². The SMILES string of the molecule is CN(C)C(=O)CC1CCOC2(CCN(C3CCCC3)CC2)C1. The van der Waals surface area contributed by atoms with Crippen molar-refractivity contribution in [3.8, 4) is 0 Å². The molecule has 0 aromatic carbocycles. The second-order valence-corrected chi connectivity index (χ2v) is 7.86. The maximum absolute atomic E-state index is 12.0. The highest BCUT2D eigenvalue weighted by Crippen LogP contribution is 2.40. The van der Waals surface area contributed by atoms with Gasteiger partial charge < -0.3 is 14.5 Å². The molecule has 4 nitrogen and oxygen atoms in total. The second-order valence-electron chi connectivity index (χ2n) is 7.86. The van der Waals surface area contributed by atoms with Crippen LogP contribution in [0.4, 0.5) is 0 Å². The molecule has 1 spiro atoms. The topological polar surface area (TPSA) is 32.8 Å². The number of ether oxygens (including phenoxy) is 1. The molecule has 1 saturated carbocycles. The Labute approximate surface area is 135 Å². The van der Waals surface area contributed by atoms with Crippen molar-refractivity contribution in [2.75, 3.05) is 33.8 Å². The van der Waals surface area contributed by atoms with Crippen LogP contribution in [0.5, 0.6) is 0 Å². The van der Waals surface area contributed by atoms with E-state index in [2.05, 4.69) is 4.90 Å². The first kappa shape index (κ1) is 16.3. The van der Waals surface area contributed by atoms with Crippen LogP contribution in [-0.2, 0) is 9.53 Å². The summed E-state index contributed by atoms with van der Waals surface area (Å²) in [5.41, 5.74) is 0.0740. The van der Waals surface area contributed by atoms with Gasteiger partial charge in [0.25, 0.3) is 0 Å². The molecule has 0 aromatic rings. The number of hydrogen-bond donors (Lipinski definition) is 0. The van der Waals surface area contributed by atoms with Crippen molar-refractivity contribution in [2.45, 2.75) is 69.4 Å². The normalized spacial score (nSPS) is 29.8. The van der Waals surface area contributed by atoms with E-state index in [4.69, 9.17) is 4.74 Å². The fourth-order valence-corrected chi connectivity index (χ4v) is 4.65. The third-order valence-electron chi connectivity index (χ3n) is 6.11. The van der Waals surface area contributed by atoms with Crippen LogP contribution in [0, 0.1) is 5.92 Å². The molecule has 1 unspecified atom stereocenters. The fraction of sp³-hybridized carbons (Fsp3) is 0.944. The number of carbonyl (C=O) groups excluding carboxylic acids is 1. The van der Waals surface area contributed by atoms with Crippen molar-refractivity contribution in [2.24, 2.45) is 5.92 Å². The monoisotopic (exact) mass is 308 g/mol. The van der Waals surface area contributed by atoms with Crippen LogP contribution in [0.1, 0.15) is 57.8 Å². The van der Waals surface area contributed by atoms with E-state index < -0.39 is 0 Å². The molecule has 0 aromatic heterocycles. The summed E-state index contributed by atoms with van der Waals surface area (Å²) in [6.07, 6.45) is 10.8. The maximum Gasteiger partial charge on any atom is 0.222 e. The molecule has 2 heterocycles. The van der Waals surface area contributed by atoms with Gasteiger partial charge in [0, 0.05) is 46.3 Å². The molecule has 3 fully saturated rings. The van der Waals surface area contributed by atoms with Crippen LogP contribution in [0.2, 0.25) is 0 Å². The number of carbonyl (C=O) groups is 1. The van der Waals surface area contributed by atoms with E-state index in [9.17, 15) is 4.79 Å². The smallest absolute Gasteiger partial charge is 0.222 e. The van der Waals surface area contributed by atoms with Crippen LogP contribution >= 0.6 is 0 Å². The lowest BCUT2D eigenvalue weighted by Gasteiger charge is -2.47. The van der Waals surface area contributed by atoms with Gasteiger partial charge in [-0.1, -0.05) is 12.8 Å². The van der Waals surface area contributed by atoms with E-state index in [-0.39, 0.29) is 11.5 Å². The number of rotatable bonds is 3. The second kappa shape index (κ2) is 6.88. The Hall–Kier alpha value is -0.610. The van der Waals surface area contributed by atoms with E-state index in [1.807, 2.05) is 14.1 Å². The first-order valence-corrected chi connectivity index (χ1v) is 9.16. The van der Waals surface area contributed by atoms with Gasteiger partial charge >= 0.3 is 0 Å². The standard InChI is InChI=1S/C18H32N2O2/c1-19(2)17(21)13-15-7-12-22-18(14-15)8-10-20(11-9-18)16-5-3-4-6-16/h15-16H,3-14H2,1-2H3. The van der Waals surface area contributed by atoms with Crippen molar-refractivity contribution in [1.82, 2.24) is 9.80 Å². The average Bonchev–Trinajstić information content (AvgIpc) is 3.02. The predicted molar refractivity (Wildman–Crippen MR) is 87.8 cm³/mol. The van der Waals surface area contributed by atoms with Crippen LogP contribution < -0.4 is 0 Å². The third-order valence-corrected chi connectivity index (χ3v) is 6.11. The summed E-state index contributed by atoms with van der Waals surface area (Å²) >= 11 is 0. The molecule has 1 atom stereocenters. The van der Waals surface area contributed by atoms with Gasteiger partial charge in [-0.3, -0.25) is 4.79 Å². The van der Waals surface area contributed by atoms with Crippen molar-refractivity contribution >= 4 is 5.91 Å². The van der Waals surface area contributed by atoms with Crippen molar-refractivity contribution in [3.05, 3.63) is 0 Å². The first-order valence-electron chi connectivity index (χ1n) is 9.16. The predicted octanol–water partition coefficient (Wildman–Crippen LogP) is 2.67. The lowest BCUT2D eigenvalue weighted by atomic mass is 9.78. The van der Waals surface area contributed by atoms with Crippen LogP contribution in [0.15, 0.2) is 0 Å². The molecule has 0 bridgehead atoms. The van der Waals surface area contributed by atoms with Crippen LogP contribution in [0.25, 0.3) is 0 Å². The van der Waals surface area contributed by atoms with E-state index in [1.54, 1.807) is 4.90 Å². The molecule has 0 radical (unpaired) electrons. The molecule has 22 heavy (non-hydrogen) atoms. The highest BCUT2D eigenvalue weighted by Gasteiger charge is 2.41. The minimum absolute atomic E-state index is 0.0740. The zero-order valence-electron chi connectivity index (χ0n) is 14.4. The molecule has 2 aliphatic heterocycles. The average molecular weight is 308 g/mol. The van der Waals surface area contributed by atoms with Crippen molar-refractivity contribution < 1.29 is 9.53 Å². The summed E-state index contributed by atoms with van der Waals surface area (Å²) < 4.78 is 6.24. The van der Waals surface area contributed by atoms with Gasteiger partial charge in [0.15, 0.2) is 0 Å². The highest BCUT2D eigenvalue weighted by atomic mass is 16.5. The number of piperidine rings is 1. The Bertz CT molecular complexity index is 383. The highest BCUT2D eigenvalue weighted by molar-refractivity contribution is 5.75. The lowest BCUT2D eigenvalue weighted by molar-refractivity contribution is -0.141. The third kappa shape index (κ3) is 3.65. The molecule has 2 saturated heterocycles. The van der Waals surface area contributed by atoms with E-state index in [1.165, 1.54) is 38.8 Å². The molecule has 1 aliphatic carbocycles. The summed E-state index contributed by atoms with van der Waals surface area (Å²) in [6.45, 7) is 3.23. The largest absolute Gasteiger partial charge is 0.375 e. The van der Waals surface area contributed by atoms with Crippen molar-refractivity contribution in [1.29, 1.82) is 0 Å². The van der Waals surface area contributed by atoms with Gasteiger partial charge in [0.1, 0.15) is 0 Å². The first-order chi connectivity index (χ1) is 10.6. The van der Waals surface area contributed by atoms with E-state index >= 15 is 0 Å². The molecular weight excluding hydrogens is 276 g/mol. The van der Waals surface area contributed by atoms with Gasteiger partial charge in [-0.15, -0.1) is 0 Å². The van der Waals surface area contributed by atoms with Crippen LogP contribution in [-0.4, -0.2) is 61.1 Å². The Morgan fingerprint density at radius 1 is 1.18 bits per heavy atom. The summed E-state index contributed by atoms with van der Waals surface area (Å²) in [6, 6.07) is 0.840. The number of nitrogens with zero attached hydrogens (tertiary/aromatic N) is 2. The molecule has 4 heteroatoms. The molecular formula is C18H32N2O2. The lowest BCUT2D eigenvalue weighted by Crippen LogP contribution is -2.51. The minimum atomic E-state index is 0.0740. The molecule has 3 rings (SSSR count). The molecule has 126 valence electrons. The van der Waals surface area contributed by atoms with Crippen LogP contribution in [0.3, 0.4) is 0 Å². The van der Waals surface area contributed by atoms with Gasteiger partial charge in [-0.2, -0.15) is 0 Å². The van der Waals surface area contributed by atoms with E-state index in [0.29, 0.717) is 12.3 Å². The molecule has 0 N–H and O–H groups in total. The Balaban J connectivity index is 1.52. The van der Waals surface area contributed by atoms with E-state index in [0.717, 1.165) is 38.3 Å². The summed E-state index contributed by atoms with van der Waals surface area (Å²) in [4.78, 5) is 16.4. The van der Waals surface area contributed by atoms with Gasteiger partial charge in [-0.25, -0.2) is 0 Å². The number of likely N-dealkylation sites (tertiary alicyclic amines) is 1. The minimum Gasteiger partial charge on any atom is -0.375 e. The molecule has 1 amide bonds. The maximum atomic E-state index is 12.0. The zero-order chi connectivity index (χ0) is 15.6. The number of amides is 1. The Kier molecular flexibility index (Phi) is 5.08. The Morgan fingerprint density at radius 2 is 1.86 bits per heavy atom. The number of hydrogen-bond acceptors (Lipinski definition) is 3. The van der Waals surface area contributed by atoms with Gasteiger partial charge in [0.05, 0.1) is 5.60 Å². The van der Waals surface area contributed by atoms with Gasteiger partial charge in [-0.05, 0) is 44.4 Å². The zero-order valence-corrected chi connectivity index (χ0v) is 14.4. The quantitative estimate of drug-likeness (QED) is 0.803. The molecule has 3 aliphatic rings. The summed E-state index contributed by atoms with van der Waals surface area (Å²) in [7, 11) is 3.72. The summed E-state index contributed by atoms with van der Waals surface area (Å²) in [5.74, 6) is 0.784.